The molecular formula is C21H25N7O2. The minimum atomic E-state index is -0.0446. The molecule has 3 aromatic heterocycles. The minimum Gasteiger partial charge on any atom is -0.361 e. The molecular weight excluding hydrogens is 382 g/mol. The highest BCUT2D eigenvalue weighted by Crippen LogP contribution is 2.17. The molecule has 0 amide bonds. The molecule has 9 nitrogen and oxygen atoms in total. The van der Waals surface area contributed by atoms with Crippen LogP contribution >= 0.6 is 0 Å². The topological polar surface area (TPSA) is 84.7 Å². The molecule has 0 saturated carbocycles. The Morgan fingerprint density at radius 3 is 2.43 bits per heavy atom. The predicted molar refractivity (Wildman–Crippen MR) is 112 cm³/mol. The first-order chi connectivity index (χ1) is 14.5. The summed E-state index contributed by atoms with van der Waals surface area (Å²) in [7, 11) is 1.75. The zero-order valence-electron chi connectivity index (χ0n) is 17.5. The first-order valence-corrected chi connectivity index (χ1v) is 10.2. The van der Waals surface area contributed by atoms with Crippen molar-refractivity contribution >= 4 is 16.7 Å². The van der Waals surface area contributed by atoms with Crippen LogP contribution in [0.3, 0.4) is 0 Å². The summed E-state index contributed by atoms with van der Waals surface area (Å²) in [6.07, 6.45) is 0. The normalized spacial score (nSPS) is 16.1. The van der Waals surface area contributed by atoms with Crippen LogP contribution in [0.2, 0.25) is 0 Å². The van der Waals surface area contributed by atoms with Crippen LogP contribution in [0, 0.1) is 13.8 Å². The van der Waals surface area contributed by atoms with E-state index in [4.69, 9.17) is 4.52 Å². The van der Waals surface area contributed by atoms with Crippen molar-refractivity contribution in [3.8, 4) is 0 Å². The van der Waals surface area contributed by atoms with Crippen LogP contribution in [-0.4, -0.2) is 60.3 Å². The van der Waals surface area contributed by atoms with E-state index in [9.17, 15) is 4.79 Å². The molecule has 0 unspecified atom stereocenters. The van der Waals surface area contributed by atoms with Crippen LogP contribution in [0.15, 0.2) is 33.6 Å². The minimum absolute atomic E-state index is 0.0446. The standard InChI is InChI=1S/C21H25N7O2/c1-14-4-5-18-17(10-14)20(29)25(3)21-23-22-19(28(18)21)13-27-8-6-26(7-9-27)12-16-11-15(2)30-24-16/h4-5,10-11H,6-9,12-13H2,1-3H3. The van der Waals surface area contributed by atoms with Gasteiger partial charge in [-0.1, -0.05) is 16.8 Å². The van der Waals surface area contributed by atoms with Crippen LogP contribution in [0.5, 0.6) is 0 Å². The van der Waals surface area contributed by atoms with Gasteiger partial charge in [-0.2, -0.15) is 0 Å². The molecule has 156 valence electrons. The highest BCUT2D eigenvalue weighted by molar-refractivity contribution is 5.81. The molecule has 1 saturated heterocycles. The third-order valence-corrected chi connectivity index (χ3v) is 5.83. The van der Waals surface area contributed by atoms with E-state index in [1.54, 1.807) is 11.6 Å². The lowest BCUT2D eigenvalue weighted by Crippen LogP contribution is -2.45. The predicted octanol–water partition coefficient (Wildman–Crippen LogP) is 1.50. The first-order valence-electron chi connectivity index (χ1n) is 10.2. The second-order valence-electron chi connectivity index (χ2n) is 8.12. The van der Waals surface area contributed by atoms with Crippen molar-refractivity contribution in [1.82, 2.24) is 34.1 Å². The fourth-order valence-electron chi connectivity index (χ4n) is 4.19. The molecule has 1 aliphatic rings. The Kier molecular flexibility index (Phi) is 4.63. The highest BCUT2D eigenvalue weighted by Gasteiger charge is 2.21. The van der Waals surface area contributed by atoms with E-state index in [0.717, 1.165) is 61.1 Å². The van der Waals surface area contributed by atoms with Crippen LogP contribution in [0.25, 0.3) is 16.7 Å². The van der Waals surface area contributed by atoms with Crippen LogP contribution in [0.1, 0.15) is 22.8 Å². The summed E-state index contributed by atoms with van der Waals surface area (Å²) < 4.78 is 8.76. The monoisotopic (exact) mass is 407 g/mol. The molecule has 5 rings (SSSR count). The van der Waals surface area contributed by atoms with Crippen LogP contribution < -0.4 is 5.56 Å². The second kappa shape index (κ2) is 7.33. The Morgan fingerprint density at radius 1 is 1.00 bits per heavy atom. The smallest absolute Gasteiger partial charge is 0.262 e. The van der Waals surface area contributed by atoms with Gasteiger partial charge in [-0.3, -0.25) is 23.6 Å². The summed E-state index contributed by atoms with van der Waals surface area (Å²) in [6.45, 7) is 9.21. The molecule has 0 aliphatic carbocycles. The fourth-order valence-corrected chi connectivity index (χ4v) is 4.19. The van der Waals surface area contributed by atoms with E-state index < -0.39 is 0 Å². The Morgan fingerprint density at radius 2 is 1.73 bits per heavy atom. The SMILES string of the molecule is Cc1ccc2c(c1)c(=O)n(C)c1nnc(CN3CCN(Cc4cc(C)on4)CC3)n21. The zero-order valence-corrected chi connectivity index (χ0v) is 17.5. The maximum absolute atomic E-state index is 12.7. The van der Waals surface area contributed by atoms with Gasteiger partial charge in [0, 0.05) is 45.8 Å². The molecule has 30 heavy (non-hydrogen) atoms. The average Bonchev–Trinajstić information content (AvgIpc) is 3.34. The van der Waals surface area contributed by atoms with E-state index >= 15 is 0 Å². The number of hydrogen-bond acceptors (Lipinski definition) is 7. The zero-order chi connectivity index (χ0) is 20.8. The van der Waals surface area contributed by atoms with E-state index in [-0.39, 0.29) is 5.56 Å². The Bertz CT molecular complexity index is 1280. The molecule has 1 aliphatic heterocycles. The van der Waals surface area contributed by atoms with Gasteiger partial charge in [0.1, 0.15) is 5.76 Å². The number of fused-ring (bicyclic) bond motifs is 3. The molecule has 9 heteroatoms. The quantitative estimate of drug-likeness (QED) is 0.507. The molecule has 0 N–H and O–H groups in total. The van der Waals surface area contributed by atoms with Crippen molar-refractivity contribution in [3.63, 3.8) is 0 Å². The number of benzene rings is 1. The molecule has 0 spiro atoms. The fraction of sp³-hybridized carbons (Fsp3) is 0.429. The lowest BCUT2D eigenvalue weighted by molar-refractivity contribution is 0.117. The number of hydrogen-bond donors (Lipinski definition) is 0. The van der Waals surface area contributed by atoms with Crippen molar-refractivity contribution in [3.05, 3.63) is 57.5 Å². The highest BCUT2D eigenvalue weighted by atomic mass is 16.5. The average molecular weight is 407 g/mol. The van der Waals surface area contributed by atoms with Gasteiger partial charge in [0.25, 0.3) is 5.56 Å². The van der Waals surface area contributed by atoms with Crippen molar-refractivity contribution in [2.75, 3.05) is 26.2 Å². The largest absolute Gasteiger partial charge is 0.361 e. The van der Waals surface area contributed by atoms with E-state index in [1.807, 2.05) is 42.5 Å². The number of rotatable bonds is 4. The van der Waals surface area contributed by atoms with Gasteiger partial charge >= 0.3 is 0 Å². The number of aromatic nitrogens is 5. The third-order valence-electron chi connectivity index (χ3n) is 5.83. The molecule has 0 atom stereocenters. The van der Waals surface area contributed by atoms with E-state index in [2.05, 4.69) is 25.2 Å². The summed E-state index contributed by atoms with van der Waals surface area (Å²) in [6, 6.07) is 7.94. The van der Waals surface area contributed by atoms with Crippen molar-refractivity contribution in [1.29, 1.82) is 0 Å². The number of nitrogens with zero attached hydrogens (tertiary/aromatic N) is 7. The van der Waals surface area contributed by atoms with Crippen LogP contribution in [-0.2, 0) is 20.1 Å². The van der Waals surface area contributed by atoms with Gasteiger partial charge in [-0.25, -0.2) is 0 Å². The Balaban J connectivity index is 1.37. The van der Waals surface area contributed by atoms with E-state index in [0.29, 0.717) is 17.7 Å². The number of piperazine rings is 1. The lowest BCUT2D eigenvalue weighted by atomic mass is 10.1. The molecule has 1 aromatic carbocycles. The molecule has 4 aromatic rings. The van der Waals surface area contributed by atoms with Crippen LogP contribution in [0.4, 0.5) is 0 Å². The summed E-state index contributed by atoms with van der Waals surface area (Å²) in [4.78, 5) is 17.5. The second-order valence-corrected chi connectivity index (χ2v) is 8.12. The molecule has 1 fully saturated rings. The van der Waals surface area contributed by atoms with Gasteiger partial charge in [-0.15, -0.1) is 10.2 Å². The van der Waals surface area contributed by atoms with E-state index in [1.165, 1.54) is 0 Å². The summed E-state index contributed by atoms with van der Waals surface area (Å²) in [5.74, 6) is 2.28. The first kappa shape index (κ1) is 19.0. The van der Waals surface area contributed by atoms with Gasteiger partial charge in [0.2, 0.25) is 5.78 Å². The van der Waals surface area contributed by atoms with Crippen molar-refractivity contribution in [2.24, 2.45) is 7.05 Å². The van der Waals surface area contributed by atoms with Gasteiger partial charge in [0.15, 0.2) is 5.82 Å². The Hall–Kier alpha value is -3.04. The lowest BCUT2D eigenvalue weighted by Gasteiger charge is -2.33. The van der Waals surface area contributed by atoms with Gasteiger partial charge < -0.3 is 4.52 Å². The van der Waals surface area contributed by atoms with Gasteiger partial charge in [0.05, 0.1) is 23.1 Å². The Labute approximate surface area is 173 Å². The maximum atomic E-state index is 12.7. The number of aryl methyl sites for hydroxylation is 3. The molecule has 4 heterocycles. The van der Waals surface area contributed by atoms with Gasteiger partial charge in [-0.05, 0) is 26.0 Å². The summed E-state index contributed by atoms with van der Waals surface area (Å²) in [5.41, 5.74) is 2.86. The molecule has 0 radical (unpaired) electrons. The summed E-state index contributed by atoms with van der Waals surface area (Å²) >= 11 is 0. The van der Waals surface area contributed by atoms with Crippen molar-refractivity contribution in [2.45, 2.75) is 26.9 Å². The maximum Gasteiger partial charge on any atom is 0.262 e. The third kappa shape index (κ3) is 3.29. The molecule has 0 bridgehead atoms. The summed E-state index contributed by atoms with van der Waals surface area (Å²) in [5, 5.41) is 13.5. The van der Waals surface area contributed by atoms with Crippen molar-refractivity contribution < 1.29 is 4.52 Å².